The van der Waals surface area contributed by atoms with Crippen LogP contribution in [0.4, 0.5) is 5.69 Å². The van der Waals surface area contributed by atoms with E-state index >= 15 is 0 Å². The molecular weight excluding hydrogens is 304 g/mol. The summed E-state index contributed by atoms with van der Waals surface area (Å²) in [7, 11) is 3.12. The zero-order valence-corrected chi connectivity index (χ0v) is 14.3. The average molecular weight is 329 g/mol. The molecule has 5 heteroatoms. The number of nitrogens with zero attached hydrogens (tertiary/aromatic N) is 1. The number of ether oxygens (including phenoxy) is 2. The quantitative estimate of drug-likeness (QED) is 0.868. The molecule has 128 valence electrons. The van der Waals surface area contributed by atoms with Gasteiger partial charge in [-0.2, -0.15) is 0 Å². The Morgan fingerprint density at radius 3 is 2.12 bits per heavy atom. The molecule has 1 aliphatic heterocycles. The number of hydrogen-bond acceptors (Lipinski definition) is 4. The van der Waals surface area contributed by atoms with Gasteiger partial charge >= 0.3 is 0 Å². The number of anilines is 1. The lowest BCUT2D eigenvalue weighted by Crippen LogP contribution is -3.13. The minimum atomic E-state index is 0.0626. The van der Waals surface area contributed by atoms with E-state index in [0.29, 0.717) is 11.5 Å². The van der Waals surface area contributed by atoms with Gasteiger partial charge in [0, 0.05) is 11.3 Å². The molecule has 0 saturated carbocycles. The zero-order chi connectivity index (χ0) is 16.9. The summed E-state index contributed by atoms with van der Waals surface area (Å²) in [6.45, 7) is 5.16. The molecule has 0 aromatic heterocycles. The highest BCUT2D eigenvalue weighted by Gasteiger charge is 2.21. The highest BCUT2D eigenvalue weighted by atomic mass is 16.5. The van der Waals surface area contributed by atoms with Crippen LogP contribution in [-0.2, 0) is 6.54 Å². The van der Waals surface area contributed by atoms with Crippen molar-refractivity contribution in [1.29, 1.82) is 0 Å². The number of aromatic hydroxyl groups is 1. The van der Waals surface area contributed by atoms with Crippen LogP contribution in [0.1, 0.15) is 5.56 Å². The molecule has 0 aliphatic carbocycles. The van der Waals surface area contributed by atoms with Gasteiger partial charge < -0.3 is 24.4 Å². The Balaban J connectivity index is 1.64. The van der Waals surface area contributed by atoms with Crippen molar-refractivity contribution in [2.75, 3.05) is 45.3 Å². The summed E-state index contributed by atoms with van der Waals surface area (Å²) in [6, 6.07) is 14.4. The number of hydrogen-bond donors (Lipinski definition) is 2. The Bertz CT molecular complexity index is 643. The van der Waals surface area contributed by atoms with Crippen LogP contribution in [0.25, 0.3) is 0 Å². The average Bonchev–Trinajstić information content (AvgIpc) is 2.64. The molecule has 1 aliphatic rings. The number of phenolic OH excluding ortho intramolecular Hbond substituents is 1. The van der Waals surface area contributed by atoms with Gasteiger partial charge in [-0.15, -0.1) is 0 Å². The lowest BCUT2D eigenvalue weighted by atomic mass is 10.1. The third-order valence-electron chi connectivity index (χ3n) is 4.59. The van der Waals surface area contributed by atoms with Crippen molar-refractivity contribution in [2.45, 2.75) is 6.54 Å². The van der Waals surface area contributed by atoms with E-state index in [-0.39, 0.29) is 5.75 Å². The van der Waals surface area contributed by atoms with E-state index in [4.69, 9.17) is 9.47 Å². The van der Waals surface area contributed by atoms with Crippen LogP contribution in [0, 0.1) is 0 Å². The van der Waals surface area contributed by atoms with Crippen LogP contribution in [-0.4, -0.2) is 45.5 Å². The summed E-state index contributed by atoms with van der Waals surface area (Å²) in [5, 5.41) is 10.0. The largest absolute Gasteiger partial charge is 0.502 e. The van der Waals surface area contributed by atoms with Gasteiger partial charge in [-0.3, -0.25) is 0 Å². The number of benzene rings is 2. The normalized spacial score (nSPS) is 15.3. The van der Waals surface area contributed by atoms with Crippen molar-refractivity contribution in [1.82, 2.24) is 0 Å². The summed E-state index contributed by atoms with van der Waals surface area (Å²) in [4.78, 5) is 3.96. The van der Waals surface area contributed by atoms with Crippen molar-refractivity contribution in [3.63, 3.8) is 0 Å². The number of piperazine rings is 1. The zero-order valence-electron chi connectivity index (χ0n) is 14.3. The molecule has 0 atom stereocenters. The van der Waals surface area contributed by atoms with Gasteiger partial charge in [-0.05, 0) is 24.3 Å². The molecule has 2 aromatic rings. The molecule has 0 spiro atoms. The van der Waals surface area contributed by atoms with E-state index in [1.54, 1.807) is 14.2 Å². The Hall–Kier alpha value is -2.40. The monoisotopic (exact) mass is 329 g/mol. The molecule has 3 rings (SSSR count). The van der Waals surface area contributed by atoms with Crippen molar-refractivity contribution in [2.24, 2.45) is 0 Å². The van der Waals surface area contributed by atoms with Gasteiger partial charge in [0.1, 0.15) is 6.54 Å². The first-order chi connectivity index (χ1) is 11.7. The maximum atomic E-state index is 10.0. The van der Waals surface area contributed by atoms with Gasteiger partial charge in [-0.25, -0.2) is 0 Å². The first-order valence-electron chi connectivity index (χ1n) is 8.28. The van der Waals surface area contributed by atoms with Crippen LogP contribution >= 0.6 is 0 Å². The molecule has 0 radical (unpaired) electrons. The summed E-state index contributed by atoms with van der Waals surface area (Å²) >= 11 is 0. The number of rotatable bonds is 5. The lowest BCUT2D eigenvalue weighted by molar-refractivity contribution is -0.914. The maximum absolute atomic E-state index is 10.0. The molecule has 24 heavy (non-hydrogen) atoms. The predicted molar refractivity (Wildman–Crippen MR) is 94.3 cm³/mol. The fourth-order valence-corrected chi connectivity index (χ4v) is 3.24. The van der Waals surface area contributed by atoms with E-state index in [9.17, 15) is 5.11 Å². The molecule has 0 bridgehead atoms. The highest BCUT2D eigenvalue weighted by Crippen LogP contribution is 2.36. The summed E-state index contributed by atoms with van der Waals surface area (Å²) in [6.07, 6.45) is 0. The molecule has 1 fully saturated rings. The molecule has 5 nitrogen and oxygen atoms in total. The molecular formula is C19H25N2O3+. The standard InChI is InChI=1S/C19H24N2O3/c1-23-17-12-15(13-18(24-2)19(17)22)14-20-8-10-21(11-9-20)16-6-4-3-5-7-16/h3-7,12-13,22H,8-11,14H2,1-2H3/p+1. The Labute approximate surface area is 143 Å². The number of nitrogens with one attached hydrogen (secondary N) is 1. The summed E-state index contributed by atoms with van der Waals surface area (Å²) < 4.78 is 10.5. The summed E-state index contributed by atoms with van der Waals surface area (Å²) in [5.74, 6) is 0.992. The number of para-hydroxylation sites is 1. The van der Waals surface area contributed by atoms with Crippen molar-refractivity contribution < 1.29 is 19.5 Å². The van der Waals surface area contributed by atoms with Crippen LogP contribution < -0.4 is 19.3 Å². The van der Waals surface area contributed by atoms with E-state index < -0.39 is 0 Å². The second-order valence-corrected chi connectivity index (χ2v) is 6.10. The fraction of sp³-hybridized carbons (Fsp3) is 0.368. The van der Waals surface area contributed by atoms with Gasteiger partial charge in [0.2, 0.25) is 5.75 Å². The van der Waals surface area contributed by atoms with Crippen molar-refractivity contribution in [3.05, 3.63) is 48.0 Å². The third-order valence-corrected chi connectivity index (χ3v) is 4.59. The minimum Gasteiger partial charge on any atom is -0.502 e. The smallest absolute Gasteiger partial charge is 0.200 e. The van der Waals surface area contributed by atoms with Crippen LogP contribution in [0.15, 0.2) is 42.5 Å². The van der Waals surface area contributed by atoms with E-state index in [1.165, 1.54) is 10.6 Å². The van der Waals surface area contributed by atoms with Crippen LogP contribution in [0.3, 0.4) is 0 Å². The van der Waals surface area contributed by atoms with Gasteiger partial charge in [0.15, 0.2) is 11.5 Å². The third kappa shape index (κ3) is 3.57. The number of quaternary nitrogens is 1. The van der Waals surface area contributed by atoms with E-state index in [2.05, 4.69) is 35.2 Å². The minimum absolute atomic E-state index is 0.0626. The number of phenols is 1. The van der Waals surface area contributed by atoms with E-state index in [1.807, 2.05) is 12.1 Å². The highest BCUT2D eigenvalue weighted by molar-refractivity contribution is 5.52. The second kappa shape index (κ2) is 7.45. The molecule has 2 aromatic carbocycles. The van der Waals surface area contributed by atoms with Crippen molar-refractivity contribution >= 4 is 5.69 Å². The molecule has 0 amide bonds. The van der Waals surface area contributed by atoms with E-state index in [0.717, 1.165) is 38.3 Å². The Morgan fingerprint density at radius 2 is 1.58 bits per heavy atom. The second-order valence-electron chi connectivity index (χ2n) is 6.10. The summed E-state index contributed by atoms with van der Waals surface area (Å²) in [5.41, 5.74) is 2.41. The van der Waals surface area contributed by atoms with Crippen LogP contribution in [0.2, 0.25) is 0 Å². The topological polar surface area (TPSA) is 46.4 Å². The van der Waals surface area contributed by atoms with Gasteiger partial charge in [0.05, 0.1) is 40.4 Å². The Kier molecular flexibility index (Phi) is 5.11. The van der Waals surface area contributed by atoms with Crippen molar-refractivity contribution in [3.8, 4) is 17.2 Å². The maximum Gasteiger partial charge on any atom is 0.200 e. The van der Waals surface area contributed by atoms with Crippen LogP contribution in [0.5, 0.6) is 17.2 Å². The first-order valence-corrected chi connectivity index (χ1v) is 8.28. The fourth-order valence-electron chi connectivity index (χ4n) is 3.24. The molecule has 2 N–H and O–H groups in total. The lowest BCUT2D eigenvalue weighted by Gasteiger charge is -2.33. The molecule has 0 unspecified atom stereocenters. The van der Waals surface area contributed by atoms with Gasteiger partial charge in [-0.1, -0.05) is 18.2 Å². The molecule has 1 heterocycles. The SMILES string of the molecule is COc1cc(C[NH+]2CCN(c3ccccc3)CC2)cc(OC)c1O. The predicted octanol–water partition coefficient (Wildman–Crippen LogP) is 1.31. The van der Waals surface area contributed by atoms with Gasteiger partial charge in [0.25, 0.3) is 0 Å². The Morgan fingerprint density at radius 1 is 1.00 bits per heavy atom. The molecule has 1 saturated heterocycles. The number of methoxy groups -OCH3 is 2. The first kappa shape index (κ1) is 16.5.